The highest BCUT2D eigenvalue weighted by Crippen LogP contribution is 2.09. The van der Waals surface area contributed by atoms with Gasteiger partial charge in [-0.3, -0.25) is 0 Å². The lowest BCUT2D eigenvalue weighted by Gasteiger charge is -2.01. The minimum absolute atomic E-state index is 0.411. The Hall–Kier alpha value is -1.49. The van der Waals surface area contributed by atoms with Gasteiger partial charge in [-0.2, -0.15) is 5.26 Å². The molecule has 0 fully saturated rings. The molecule has 0 aromatic carbocycles. The normalized spacial score (nSPS) is 11.8. The predicted molar refractivity (Wildman–Crippen MR) is 69.9 cm³/mol. The molecule has 16 heavy (non-hydrogen) atoms. The second kappa shape index (κ2) is 13.5. The van der Waals surface area contributed by atoms with Gasteiger partial charge in [0.2, 0.25) is 0 Å². The molecule has 0 heterocycles. The average Bonchev–Trinajstić information content (AvgIpc) is 2.31. The van der Waals surface area contributed by atoms with Gasteiger partial charge in [0.05, 0.1) is 19.6 Å². The second-order valence-electron chi connectivity index (χ2n) is 2.77. The van der Waals surface area contributed by atoms with Gasteiger partial charge in [0.15, 0.2) is 0 Å². The molecule has 0 aromatic heterocycles. The van der Waals surface area contributed by atoms with Crippen molar-refractivity contribution in [3.05, 3.63) is 35.6 Å². The Labute approximate surface area is 99.9 Å². The summed E-state index contributed by atoms with van der Waals surface area (Å²) in [5.74, 6) is 0.816. The maximum atomic E-state index is 8.59. The minimum atomic E-state index is 0.411. The van der Waals surface area contributed by atoms with E-state index in [9.17, 15) is 0 Å². The van der Waals surface area contributed by atoms with E-state index in [4.69, 9.17) is 10.00 Å². The van der Waals surface area contributed by atoms with Crippen LogP contribution in [0.25, 0.3) is 0 Å². The zero-order chi connectivity index (χ0) is 12.8. The van der Waals surface area contributed by atoms with Crippen LogP contribution in [0.15, 0.2) is 35.6 Å². The highest BCUT2D eigenvalue weighted by Gasteiger charge is 1.94. The monoisotopic (exact) mass is 221 g/mol. The average molecular weight is 221 g/mol. The van der Waals surface area contributed by atoms with E-state index in [1.807, 2.05) is 52.0 Å². The fourth-order valence-electron chi connectivity index (χ4n) is 1.05. The van der Waals surface area contributed by atoms with Crippen LogP contribution in [0.2, 0.25) is 0 Å². The number of nitrogens with zero attached hydrogens (tertiary/aromatic N) is 1. The lowest BCUT2D eigenvalue weighted by atomic mass is 10.1. The molecule has 0 amide bonds. The van der Waals surface area contributed by atoms with E-state index in [0.717, 1.165) is 17.8 Å². The molecule has 90 valence electrons. The molecule has 0 saturated heterocycles. The van der Waals surface area contributed by atoms with E-state index < -0.39 is 0 Å². The third-order valence-corrected chi connectivity index (χ3v) is 1.63. The Morgan fingerprint density at radius 1 is 1.38 bits per heavy atom. The number of allylic oxidation sites excluding steroid dienone is 5. The first-order chi connectivity index (χ1) is 7.78. The van der Waals surface area contributed by atoms with Crippen LogP contribution in [-0.4, -0.2) is 7.11 Å². The standard InChI is InChI=1S/C12H17NO.C2H6/c1-4-6-11(8-9-13)10-12(14-3)7-5-2;1-2/h4,6-7,10H,5,8H2,1-3H3;1-2H3/b6-4-,11-10+,12-7-;. The molecule has 0 aromatic rings. The zero-order valence-electron chi connectivity index (χ0n) is 11.1. The Bertz CT molecular complexity index is 280. The van der Waals surface area contributed by atoms with Gasteiger partial charge in [0, 0.05) is 0 Å². The molecular formula is C14H23NO. The molecule has 0 unspecified atom stereocenters. The predicted octanol–water partition coefficient (Wildman–Crippen LogP) is 4.37. The van der Waals surface area contributed by atoms with Crippen molar-refractivity contribution in [1.82, 2.24) is 0 Å². The quantitative estimate of drug-likeness (QED) is 0.510. The lowest BCUT2D eigenvalue weighted by Crippen LogP contribution is -1.85. The molecule has 0 aliphatic carbocycles. The van der Waals surface area contributed by atoms with Crippen molar-refractivity contribution in [2.45, 2.75) is 40.5 Å². The fraction of sp³-hybridized carbons (Fsp3) is 0.500. The Morgan fingerprint density at radius 2 is 2.00 bits per heavy atom. The summed E-state index contributed by atoms with van der Waals surface area (Å²) in [5.41, 5.74) is 0.969. The van der Waals surface area contributed by atoms with Gasteiger partial charge in [-0.15, -0.1) is 0 Å². The van der Waals surface area contributed by atoms with Crippen molar-refractivity contribution < 1.29 is 4.74 Å². The molecule has 0 aliphatic heterocycles. The third-order valence-electron chi connectivity index (χ3n) is 1.63. The number of nitriles is 1. The van der Waals surface area contributed by atoms with Crippen LogP contribution in [0.1, 0.15) is 40.5 Å². The molecule has 0 rings (SSSR count). The van der Waals surface area contributed by atoms with E-state index in [2.05, 4.69) is 6.07 Å². The molecule has 0 radical (unpaired) electrons. The summed E-state index contributed by atoms with van der Waals surface area (Å²) >= 11 is 0. The highest BCUT2D eigenvalue weighted by molar-refractivity contribution is 5.29. The maximum absolute atomic E-state index is 8.59. The molecule has 2 nitrogen and oxygen atoms in total. The molecular weight excluding hydrogens is 198 g/mol. The summed E-state index contributed by atoms with van der Waals surface area (Å²) in [6.07, 6.45) is 9.06. The molecule has 0 spiro atoms. The number of rotatable bonds is 5. The van der Waals surface area contributed by atoms with Gasteiger partial charge >= 0.3 is 0 Å². The van der Waals surface area contributed by atoms with E-state index in [1.165, 1.54) is 0 Å². The minimum Gasteiger partial charge on any atom is -0.497 e. The van der Waals surface area contributed by atoms with E-state index in [0.29, 0.717) is 6.42 Å². The number of ether oxygens (including phenoxy) is 1. The Morgan fingerprint density at radius 3 is 2.38 bits per heavy atom. The number of hydrogen-bond acceptors (Lipinski definition) is 2. The first kappa shape index (κ1) is 16.9. The van der Waals surface area contributed by atoms with Gasteiger partial charge < -0.3 is 4.74 Å². The molecule has 2 heteroatoms. The summed E-state index contributed by atoms with van der Waals surface area (Å²) in [6, 6.07) is 2.12. The molecule has 0 saturated carbocycles. The van der Waals surface area contributed by atoms with Gasteiger partial charge in [0.1, 0.15) is 5.76 Å². The Balaban J connectivity index is 0. The summed E-state index contributed by atoms with van der Waals surface area (Å²) < 4.78 is 5.16. The number of hydrogen-bond donors (Lipinski definition) is 0. The summed E-state index contributed by atoms with van der Waals surface area (Å²) in [6.45, 7) is 7.98. The van der Waals surface area contributed by atoms with Crippen molar-refractivity contribution >= 4 is 0 Å². The van der Waals surface area contributed by atoms with Crippen molar-refractivity contribution in [1.29, 1.82) is 5.26 Å². The molecule has 0 atom stereocenters. The second-order valence-corrected chi connectivity index (χ2v) is 2.77. The van der Waals surface area contributed by atoms with Crippen molar-refractivity contribution in [2.75, 3.05) is 7.11 Å². The first-order valence-electron chi connectivity index (χ1n) is 5.72. The van der Waals surface area contributed by atoms with Crippen LogP contribution in [-0.2, 0) is 4.74 Å². The van der Waals surface area contributed by atoms with Crippen LogP contribution in [0, 0.1) is 11.3 Å². The van der Waals surface area contributed by atoms with E-state index >= 15 is 0 Å². The van der Waals surface area contributed by atoms with Gasteiger partial charge in [-0.1, -0.05) is 32.9 Å². The first-order valence-corrected chi connectivity index (χ1v) is 5.72. The topological polar surface area (TPSA) is 33.0 Å². The zero-order valence-corrected chi connectivity index (χ0v) is 11.1. The summed E-state index contributed by atoms with van der Waals surface area (Å²) in [4.78, 5) is 0. The van der Waals surface area contributed by atoms with Gasteiger partial charge in [0.25, 0.3) is 0 Å². The lowest BCUT2D eigenvalue weighted by molar-refractivity contribution is 0.305. The summed E-state index contributed by atoms with van der Waals surface area (Å²) in [5, 5.41) is 8.59. The SMILES string of the molecule is CC.C\C=C/C(=C\C(=C\CC)OC)CC#N. The summed E-state index contributed by atoms with van der Waals surface area (Å²) in [7, 11) is 1.64. The fourth-order valence-corrected chi connectivity index (χ4v) is 1.05. The van der Waals surface area contributed by atoms with Crippen molar-refractivity contribution in [2.24, 2.45) is 0 Å². The smallest absolute Gasteiger partial charge is 0.115 e. The third kappa shape index (κ3) is 9.08. The van der Waals surface area contributed by atoms with Crippen molar-refractivity contribution in [3.8, 4) is 6.07 Å². The van der Waals surface area contributed by atoms with Crippen LogP contribution >= 0.6 is 0 Å². The number of methoxy groups -OCH3 is 1. The van der Waals surface area contributed by atoms with Gasteiger partial charge in [-0.05, 0) is 31.1 Å². The van der Waals surface area contributed by atoms with Crippen molar-refractivity contribution in [3.63, 3.8) is 0 Å². The van der Waals surface area contributed by atoms with Crippen LogP contribution in [0.4, 0.5) is 0 Å². The van der Waals surface area contributed by atoms with Crippen LogP contribution in [0.5, 0.6) is 0 Å². The van der Waals surface area contributed by atoms with E-state index in [-0.39, 0.29) is 0 Å². The molecule has 0 aliphatic rings. The highest BCUT2D eigenvalue weighted by atomic mass is 16.5. The van der Waals surface area contributed by atoms with Crippen LogP contribution in [0.3, 0.4) is 0 Å². The molecule has 0 N–H and O–H groups in total. The Kier molecular flexibility index (Phi) is 14.3. The van der Waals surface area contributed by atoms with Crippen LogP contribution < -0.4 is 0 Å². The maximum Gasteiger partial charge on any atom is 0.115 e. The molecule has 0 bridgehead atoms. The largest absolute Gasteiger partial charge is 0.497 e. The van der Waals surface area contributed by atoms with E-state index in [1.54, 1.807) is 7.11 Å². The van der Waals surface area contributed by atoms with Gasteiger partial charge in [-0.25, -0.2) is 0 Å².